The number of ether oxygens (including phenoxy) is 1. The zero-order valence-electron chi connectivity index (χ0n) is 16.3. The van der Waals surface area contributed by atoms with Gasteiger partial charge in [-0.25, -0.2) is 0 Å². The molecule has 1 atom stereocenters. The molecular formula is C22H23N3O4. The van der Waals surface area contributed by atoms with Crippen LogP contribution in [-0.2, 0) is 4.79 Å². The van der Waals surface area contributed by atoms with Gasteiger partial charge >= 0.3 is 0 Å². The number of anilines is 2. The van der Waals surface area contributed by atoms with E-state index in [0.29, 0.717) is 16.9 Å². The number of amides is 2. The molecule has 1 heterocycles. The second-order valence-corrected chi connectivity index (χ2v) is 6.43. The maximum absolute atomic E-state index is 12.3. The second-order valence-electron chi connectivity index (χ2n) is 6.43. The third kappa shape index (κ3) is 5.70. The summed E-state index contributed by atoms with van der Waals surface area (Å²) >= 11 is 0. The molecular weight excluding hydrogens is 370 g/mol. The zero-order valence-corrected chi connectivity index (χ0v) is 16.3. The van der Waals surface area contributed by atoms with Crippen molar-refractivity contribution in [3.63, 3.8) is 0 Å². The normalized spacial score (nSPS) is 11.5. The SMILES string of the molecule is COc1ccc(NC(=O)c2ccc(NC(=O)CN[C@@H](C)c3ccco3)cc2)cc1. The largest absolute Gasteiger partial charge is 0.497 e. The van der Waals surface area contributed by atoms with Crippen molar-refractivity contribution < 1.29 is 18.7 Å². The molecule has 150 valence electrons. The van der Waals surface area contributed by atoms with E-state index in [1.54, 1.807) is 68.0 Å². The van der Waals surface area contributed by atoms with Crippen molar-refractivity contribution >= 4 is 23.2 Å². The first-order valence-corrected chi connectivity index (χ1v) is 9.17. The first-order chi connectivity index (χ1) is 14.0. The number of carbonyl (C=O) groups excluding carboxylic acids is 2. The molecule has 29 heavy (non-hydrogen) atoms. The highest BCUT2D eigenvalue weighted by molar-refractivity contribution is 6.04. The van der Waals surface area contributed by atoms with Gasteiger partial charge in [-0.1, -0.05) is 0 Å². The predicted molar refractivity (Wildman–Crippen MR) is 111 cm³/mol. The molecule has 0 spiro atoms. The molecule has 3 aromatic rings. The van der Waals surface area contributed by atoms with E-state index in [4.69, 9.17) is 9.15 Å². The molecule has 0 aliphatic rings. The first-order valence-electron chi connectivity index (χ1n) is 9.17. The van der Waals surface area contributed by atoms with Gasteiger partial charge in [0.15, 0.2) is 0 Å². The summed E-state index contributed by atoms with van der Waals surface area (Å²) in [6.45, 7) is 2.06. The number of hydrogen-bond acceptors (Lipinski definition) is 5. The van der Waals surface area contributed by atoms with Crippen LogP contribution in [0.2, 0.25) is 0 Å². The quantitative estimate of drug-likeness (QED) is 0.541. The maximum Gasteiger partial charge on any atom is 0.255 e. The van der Waals surface area contributed by atoms with Crippen molar-refractivity contribution in [3.05, 3.63) is 78.3 Å². The number of nitrogens with one attached hydrogen (secondary N) is 3. The van der Waals surface area contributed by atoms with Crippen molar-refractivity contribution in [2.75, 3.05) is 24.3 Å². The Hall–Kier alpha value is -3.58. The molecule has 0 radical (unpaired) electrons. The summed E-state index contributed by atoms with van der Waals surface area (Å²) in [5, 5.41) is 8.70. The van der Waals surface area contributed by atoms with E-state index in [1.807, 2.05) is 13.0 Å². The minimum atomic E-state index is -0.234. The third-order valence-corrected chi connectivity index (χ3v) is 4.32. The molecule has 7 heteroatoms. The molecule has 2 aromatic carbocycles. The van der Waals surface area contributed by atoms with E-state index in [-0.39, 0.29) is 24.4 Å². The Morgan fingerprint density at radius 3 is 2.24 bits per heavy atom. The number of furan rings is 1. The molecule has 0 bridgehead atoms. The summed E-state index contributed by atoms with van der Waals surface area (Å²) in [5.41, 5.74) is 1.77. The fraction of sp³-hybridized carbons (Fsp3) is 0.182. The summed E-state index contributed by atoms with van der Waals surface area (Å²) in [6, 6.07) is 17.4. The summed E-state index contributed by atoms with van der Waals surface area (Å²) in [7, 11) is 1.59. The maximum atomic E-state index is 12.3. The minimum absolute atomic E-state index is 0.0697. The topological polar surface area (TPSA) is 92.6 Å². The monoisotopic (exact) mass is 393 g/mol. The zero-order chi connectivity index (χ0) is 20.6. The second kappa shape index (κ2) is 9.57. The molecule has 0 saturated carbocycles. The molecule has 0 aliphatic carbocycles. The highest BCUT2D eigenvalue weighted by Gasteiger charge is 2.11. The third-order valence-electron chi connectivity index (χ3n) is 4.32. The van der Waals surface area contributed by atoms with Crippen molar-refractivity contribution in [2.24, 2.45) is 0 Å². The Bertz CT molecular complexity index is 935. The van der Waals surface area contributed by atoms with Gasteiger partial charge in [-0.15, -0.1) is 0 Å². The summed E-state index contributed by atoms with van der Waals surface area (Å²) in [4.78, 5) is 24.4. The van der Waals surface area contributed by atoms with E-state index in [9.17, 15) is 9.59 Å². The first kappa shape index (κ1) is 20.2. The van der Waals surface area contributed by atoms with Crippen molar-refractivity contribution in [2.45, 2.75) is 13.0 Å². The van der Waals surface area contributed by atoms with Gasteiger partial charge in [-0.05, 0) is 67.6 Å². The van der Waals surface area contributed by atoms with Crippen LogP contribution in [0.15, 0.2) is 71.3 Å². The van der Waals surface area contributed by atoms with Crippen LogP contribution in [0.4, 0.5) is 11.4 Å². The minimum Gasteiger partial charge on any atom is -0.497 e. The Balaban J connectivity index is 1.49. The lowest BCUT2D eigenvalue weighted by molar-refractivity contribution is -0.115. The van der Waals surface area contributed by atoms with Gasteiger partial charge in [0.05, 0.1) is 26.0 Å². The number of carbonyl (C=O) groups is 2. The number of benzene rings is 2. The highest BCUT2D eigenvalue weighted by Crippen LogP contribution is 2.17. The lowest BCUT2D eigenvalue weighted by atomic mass is 10.2. The van der Waals surface area contributed by atoms with Crippen LogP contribution < -0.4 is 20.7 Å². The Labute approximate surface area is 169 Å². The van der Waals surface area contributed by atoms with Gasteiger partial charge in [-0.2, -0.15) is 0 Å². The van der Waals surface area contributed by atoms with Gasteiger partial charge in [0.1, 0.15) is 11.5 Å². The number of methoxy groups -OCH3 is 1. The van der Waals surface area contributed by atoms with Crippen LogP contribution in [0.5, 0.6) is 5.75 Å². The molecule has 3 N–H and O–H groups in total. The van der Waals surface area contributed by atoms with Crippen LogP contribution in [0.3, 0.4) is 0 Å². The van der Waals surface area contributed by atoms with Crippen molar-refractivity contribution in [1.29, 1.82) is 0 Å². The molecule has 0 fully saturated rings. The van der Waals surface area contributed by atoms with Gasteiger partial charge in [0, 0.05) is 16.9 Å². The predicted octanol–water partition coefficient (Wildman–Crippen LogP) is 3.83. The Morgan fingerprint density at radius 2 is 1.62 bits per heavy atom. The van der Waals surface area contributed by atoms with E-state index in [2.05, 4.69) is 16.0 Å². The van der Waals surface area contributed by atoms with Gasteiger partial charge in [0.25, 0.3) is 5.91 Å². The molecule has 0 unspecified atom stereocenters. The smallest absolute Gasteiger partial charge is 0.255 e. The number of hydrogen-bond donors (Lipinski definition) is 3. The molecule has 2 amide bonds. The van der Waals surface area contributed by atoms with Crippen LogP contribution >= 0.6 is 0 Å². The molecule has 1 aromatic heterocycles. The Morgan fingerprint density at radius 1 is 0.966 bits per heavy atom. The van der Waals surface area contributed by atoms with Crippen molar-refractivity contribution in [1.82, 2.24) is 5.32 Å². The van der Waals surface area contributed by atoms with E-state index >= 15 is 0 Å². The van der Waals surface area contributed by atoms with Gasteiger partial charge in [-0.3, -0.25) is 14.9 Å². The molecule has 0 aliphatic heterocycles. The van der Waals surface area contributed by atoms with E-state index in [0.717, 1.165) is 11.5 Å². The average molecular weight is 393 g/mol. The van der Waals surface area contributed by atoms with E-state index < -0.39 is 0 Å². The van der Waals surface area contributed by atoms with Gasteiger partial charge in [0.2, 0.25) is 5.91 Å². The molecule has 7 nitrogen and oxygen atoms in total. The standard InChI is InChI=1S/C22H23N3O4/c1-15(20-4-3-13-29-20)23-14-21(26)24-17-7-5-16(6-8-17)22(27)25-18-9-11-19(28-2)12-10-18/h3-13,15,23H,14H2,1-2H3,(H,24,26)(H,25,27)/t15-/m0/s1. The van der Waals surface area contributed by atoms with Crippen LogP contribution in [-0.4, -0.2) is 25.5 Å². The molecule has 0 saturated heterocycles. The van der Waals surface area contributed by atoms with Crippen LogP contribution in [0.25, 0.3) is 0 Å². The van der Waals surface area contributed by atoms with E-state index in [1.165, 1.54) is 0 Å². The summed E-state index contributed by atoms with van der Waals surface area (Å²) in [6.07, 6.45) is 1.60. The van der Waals surface area contributed by atoms with Crippen LogP contribution in [0.1, 0.15) is 29.1 Å². The fourth-order valence-corrected chi connectivity index (χ4v) is 2.67. The average Bonchev–Trinajstić information content (AvgIpc) is 3.28. The lowest BCUT2D eigenvalue weighted by Gasteiger charge is -2.12. The lowest BCUT2D eigenvalue weighted by Crippen LogP contribution is -2.30. The molecule has 3 rings (SSSR count). The van der Waals surface area contributed by atoms with Gasteiger partial charge < -0.3 is 19.8 Å². The highest BCUT2D eigenvalue weighted by atomic mass is 16.5. The van der Waals surface area contributed by atoms with Crippen LogP contribution in [0, 0.1) is 0 Å². The Kier molecular flexibility index (Phi) is 6.65. The summed E-state index contributed by atoms with van der Waals surface area (Å²) < 4.78 is 10.4. The number of rotatable bonds is 8. The van der Waals surface area contributed by atoms with Crippen molar-refractivity contribution in [3.8, 4) is 5.75 Å². The summed E-state index contributed by atoms with van der Waals surface area (Å²) in [5.74, 6) is 1.07. The fourth-order valence-electron chi connectivity index (χ4n) is 2.67.